The fourth-order valence-electron chi connectivity index (χ4n) is 1.52. The van der Waals surface area contributed by atoms with Crippen LogP contribution in [-0.2, 0) is 0 Å². The van der Waals surface area contributed by atoms with E-state index in [0.29, 0.717) is 11.5 Å². The molecule has 0 aliphatic rings. The minimum absolute atomic E-state index is 0.364. The highest BCUT2D eigenvalue weighted by molar-refractivity contribution is 4.79. The van der Waals surface area contributed by atoms with Crippen molar-refractivity contribution in [2.45, 2.75) is 40.2 Å². The van der Waals surface area contributed by atoms with E-state index in [-0.39, 0.29) is 0 Å². The molecule has 0 aromatic rings. The number of nitrogens with one attached hydrogen (secondary N) is 1. The Morgan fingerprint density at radius 3 is 2.15 bits per heavy atom. The minimum atomic E-state index is 0.364. The molecule has 0 amide bonds. The SMILES string of the molecule is CCN(C)CCC(NC)C(C)(C)C. The van der Waals surface area contributed by atoms with Crippen LogP contribution < -0.4 is 5.32 Å². The fourth-order valence-corrected chi connectivity index (χ4v) is 1.52. The lowest BCUT2D eigenvalue weighted by Crippen LogP contribution is -2.40. The van der Waals surface area contributed by atoms with Crippen LogP contribution in [0.2, 0.25) is 0 Å². The lowest BCUT2D eigenvalue weighted by Gasteiger charge is -2.31. The number of hydrogen-bond donors (Lipinski definition) is 1. The van der Waals surface area contributed by atoms with Gasteiger partial charge in [0, 0.05) is 6.04 Å². The lowest BCUT2D eigenvalue weighted by molar-refractivity contribution is 0.234. The first-order chi connectivity index (χ1) is 5.91. The quantitative estimate of drug-likeness (QED) is 0.706. The predicted molar refractivity (Wildman–Crippen MR) is 60.1 cm³/mol. The minimum Gasteiger partial charge on any atom is -0.316 e. The number of rotatable bonds is 5. The monoisotopic (exact) mass is 186 g/mol. The van der Waals surface area contributed by atoms with Crippen molar-refractivity contribution >= 4 is 0 Å². The zero-order valence-corrected chi connectivity index (χ0v) is 10.1. The Bertz CT molecular complexity index is 127. The third-order valence-electron chi connectivity index (χ3n) is 2.73. The van der Waals surface area contributed by atoms with E-state index < -0.39 is 0 Å². The molecule has 0 rings (SSSR count). The second-order valence-corrected chi connectivity index (χ2v) is 4.89. The van der Waals surface area contributed by atoms with Gasteiger partial charge in [-0.3, -0.25) is 0 Å². The molecule has 0 saturated heterocycles. The molecule has 0 heterocycles. The van der Waals surface area contributed by atoms with Gasteiger partial charge < -0.3 is 10.2 Å². The summed E-state index contributed by atoms with van der Waals surface area (Å²) in [6, 6.07) is 0.612. The van der Waals surface area contributed by atoms with Gasteiger partial charge in [-0.15, -0.1) is 0 Å². The summed E-state index contributed by atoms with van der Waals surface area (Å²) in [6.07, 6.45) is 1.23. The van der Waals surface area contributed by atoms with Crippen LogP contribution in [0.25, 0.3) is 0 Å². The number of nitrogens with zero attached hydrogens (tertiary/aromatic N) is 1. The molecule has 2 heteroatoms. The zero-order chi connectivity index (χ0) is 10.5. The van der Waals surface area contributed by atoms with Crippen LogP contribution in [0.1, 0.15) is 34.1 Å². The van der Waals surface area contributed by atoms with Gasteiger partial charge in [-0.2, -0.15) is 0 Å². The summed E-state index contributed by atoms with van der Waals surface area (Å²) in [5.74, 6) is 0. The molecule has 0 aliphatic carbocycles. The van der Waals surface area contributed by atoms with Crippen LogP contribution in [-0.4, -0.2) is 38.1 Å². The van der Waals surface area contributed by atoms with Gasteiger partial charge in [-0.1, -0.05) is 27.7 Å². The van der Waals surface area contributed by atoms with E-state index in [9.17, 15) is 0 Å². The summed E-state index contributed by atoms with van der Waals surface area (Å²) in [5, 5.41) is 3.39. The molecule has 0 fully saturated rings. The van der Waals surface area contributed by atoms with Crippen LogP contribution in [0, 0.1) is 5.41 Å². The van der Waals surface area contributed by atoms with Gasteiger partial charge >= 0.3 is 0 Å². The Labute approximate surface area is 83.7 Å². The van der Waals surface area contributed by atoms with Crippen molar-refractivity contribution in [1.82, 2.24) is 10.2 Å². The predicted octanol–water partition coefficient (Wildman–Crippen LogP) is 1.96. The van der Waals surface area contributed by atoms with E-state index in [1.165, 1.54) is 13.0 Å². The summed E-state index contributed by atoms with van der Waals surface area (Å²) in [6.45, 7) is 11.4. The average Bonchev–Trinajstić information content (AvgIpc) is 2.02. The summed E-state index contributed by atoms with van der Waals surface area (Å²) < 4.78 is 0. The van der Waals surface area contributed by atoms with Crippen molar-refractivity contribution in [2.75, 3.05) is 27.2 Å². The third-order valence-corrected chi connectivity index (χ3v) is 2.73. The smallest absolute Gasteiger partial charge is 0.0125 e. The molecule has 1 unspecified atom stereocenters. The summed E-state index contributed by atoms with van der Waals surface area (Å²) >= 11 is 0. The van der Waals surface area contributed by atoms with Gasteiger partial charge in [0.1, 0.15) is 0 Å². The van der Waals surface area contributed by atoms with E-state index in [4.69, 9.17) is 0 Å². The maximum Gasteiger partial charge on any atom is 0.0125 e. The Morgan fingerprint density at radius 1 is 1.31 bits per heavy atom. The molecule has 1 N–H and O–H groups in total. The van der Waals surface area contributed by atoms with Gasteiger partial charge in [0.25, 0.3) is 0 Å². The Balaban J connectivity index is 3.86. The topological polar surface area (TPSA) is 15.3 Å². The highest BCUT2D eigenvalue weighted by atomic mass is 15.1. The van der Waals surface area contributed by atoms with Gasteiger partial charge in [0.05, 0.1) is 0 Å². The Kier molecular flexibility index (Phi) is 5.57. The maximum atomic E-state index is 3.39. The molecule has 0 aliphatic heterocycles. The van der Waals surface area contributed by atoms with E-state index in [2.05, 4.69) is 52.0 Å². The Hall–Kier alpha value is -0.0800. The molecule has 0 aromatic heterocycles. The number of hydrogen-bond acceptors (Lipinski definition) is 2. The van der Waals surface area contributed by atoms with Gasteiger partial charge in [0.15, 0.2) is 0 Å². The van der Waals surface area contributed by atoms with Crippen LogP contribution in [0.15, 0.2) is 0 Å². The molecule has 0 bridgehead atoms. The molecule has 0 saturated carbocycles. The van der Waals surface area contributed by atoms with Crippen molar-refractivity contribution in [3.8, 4) is 0 Å². The molecule has 1 atom stereocenters. The van der Waals surface area contributed by atoms with Gasteiger partial charge in [0.2, 0.25) is 0 Å². The molecule has 2 nitrogen and oxygen atoms in total. The molecular formula is C11H26N2. The zero-order valence-electron chi connectivity index (χ0n) is 10.1. The van der Waals surface area contributed by atoms with Crippen molar-refractivity contribution in [3.05, 3.63) is 0 Å². The standard InChI is InChI=1S/C11H26N2/c1-7-13(6)9-8-10(12-5)11(2,3)4/h10,12H,7-9H2,1-6H3. The van der Waals surface area contributed by atoms with Crippen LogP contribution in [0.3, 0.4) is 0 Å². The van der Waals surface area contributed by atoms with Crippen LogP contribution >= 0.6 is 0 Å². The van der Waals surface area contributed by atoms with Gasteiger partial charge in [-0.05, 0) is 39.0 Å². The third kappa shape index (κ3) is 5.27. The van der Waals surface area contributed by atoms with Gasteiger partial charge in [-0.25, -0.2) is 0 Å². The molecule has 80 valence electrons. The lowest BCUT2D eigenvalue weighted by atomic mass is 9.85. The largest absolute Gasteiger partial charge is 0.316 e. The first-order valence-corrected chi connectivity index (χ1v) is 5.27. The molecule has 0 aromatic carbocycles. The maximum absolute atomic E-state index is 3.39. The van der Waals surface area contributed by atoms with Crippen molar-refractivity contribution in [2.24, 2.45) is 5.41 Å². The van der Waals surface area contributed by atoms with E-state index in [0.717, 1.165) is 6.54 Å². The van der Waals surface area contributed by atoms with Crippen molar-refractivity contribution < 1.29 is 0 Å². The normalized spacial score (nSPS) is 15.0. The Morgan fingerprint density at radius 2 is 1.85 bits per heavy atom. The first kappa shape index (κ1) is 12.9. The molecule has 0 spiro atoms. The van der Waals surface area contributed by atoms with Crippen LogP contribution in [0.5, 0.6) is 0 Å². The first-order valence-electron chi connectivity index (χ1n) is 5.27. The summed E-state index contributed by atoms with van der Waals surface area (Å²) in [5.41, 5.74) is 0.364. The van der Waals surface area contributed by atoms with Crippen molar-refractivity contribution in [3.63, 3.8) is 0 Å². The van der Waals surface area contributed by atoms with Crippen molar-refractivity contribution in [1.29, 1.82) is 0 Å². The molecule has 13 heavy (non-hydrogen) atoms. The van der Waals surface area contributed by atoms with Crippen LogP contribution in [0.4, 0.5) is 0 Å². The second kappa shape index (κ2) is 5.61. The molecule has 0 radical (unpaired) electrons. The molecular weight excluding hydrogens is 160 g/mol. The van der Waals surface area contributed by atoms with E-state index in [1.807, 2.05) is 0 Å². The second-order valence-electron chi connectivity index (χ2n) is 4.89. The average molecular weight is 186 g/mol. The summed E-state index contributed by atoms with van der Waals surface area (Å²) in [4.78, 5) is 2.36. The fraction of sp³-hybridized carbons (Fsp3) is 1.00. The highest BCUT2D eigenvalue weighted by Crippen LogP contribution is 2.21. The van der Waals surface area contributed by atoms with E-state index in [1.54, 1.807) is 0 Å². The highest BCUT2D eigenvalue weighted by Gasteiger charge is 2.22. The van der Waals surface area contributed by atoms with E-state index >= 15 is 0 Å². The summed E-state index contributed by atoms with van der Waals surface area (Å²) in [7, 11) is 4.23.